The normalized spacial score (nSPS) is 10.6. The zero-order chi connectivity index (χ0) is 19.9. The smallest absolute Gasteiger partial charge is 0.418 e. The topological polar surface area (TPSA) is 133 Å². The van der Waals surface area contributed by atoms with E-state index < -0.39 is 12.1 Å². The van der Waals surface area contributed by atoms with Gasteiger partial charge in [-0.3, -0.25) is 5.32 Å². The fourth-order valence-electron chi connectivity index (χ4n) is 2.13. The molecule has 9 nitrogen and oxygen atoms in total. The van der Waals surface area contributed by atoms with E-state index in [1.165, 1.54) is 30.3 Å². The Hall–Kier alpha value is -4.27. The van der Waals surface area contributed by atoms with Crippen LogP contribution in [0, 0.1) is 0 Å². The third-order valence-electron chi connectivity index (χ3n) is 3.43. The number of aromatic hydroxyl groups is 1. The molecule has 0 fully saturated rings. The number of azo groups is 1. The van der Waals surface area contributed by atoms with E-state index in [2.05, 4.69) is 20.5 Å². The number of nitrogens with one attached hydrogen (secondary N) is 1. The molecule has 1 amide bonds. The molecule has 1 heterocycles. The molecule has 28 heavy (non-hydrogen) atoms. The summed E-state index contributed by atoms with van der Waals surface area (Å²) >= 11 is 0. The molecule has 0 aliphatic heterocycles. The first-order valence-electron chi connectivity index (χ1n) is 7.99. The summed E-state index contributed by atoms with van der Waals surface area (Å²) in [5.74, 6) is -0.949. The maximum absolute atomic E-state index is 11.8. The molecule has 0 atom stereocenters. The lowest BCUT2D eigenvalue weighted by Crippen LogP contribution is -2.17. The first-order chi connectivity index (χ1) is 13.5. The maximum atomic E-state index is 11.8. The van der Waals surface area contributed by atoms with Crippen LogP contribution in [0.5, 0.6) is 11.5 Å². The third kappa shape index (κ3) is 4.88. The highest BCUT2D eigenvalue weighted by atomic mass is 16.6. The van der Waals surface area contributed by atoms with Crippen LogP contribution in [0.4, 0.5) is 22.0 Å². The van der Waals surface area contributed by atoms with Gasteiger partial charge in [0.2, 0.25) is 0 Å². The van der Waals surface area contributed by atoms with E-state index in [1.807, 2.05) is 0 Å². The fourth-order valence-corrected chi connectivity index (χ4v) is 2.13. The van der Waals surface area contributed by atoms with Gasteiger partial charge in [0.15, 0.2) is 0 Å². The summed E-state index contributed by atoms with van der Waals surface area (Å²) in [5, 5.41) is 28.9. The zero-order valence-electron chi connectivity index (χ0n) is 14.3. The molecule has 0 bridgehead atoms. The number of phenols is 1. The number of nitrogens with zero attached hydrogens (tertiary/aromatic N) is 3. The zero-order valence-corrected chi connectivity index (χ0v) is 14.3. The van der Waals surface area contributed by atoms with Crippen LogP contribution < -0.4 is 10.1 Å². The second-order valence-electron chi connectivity index (χ2n) is 5.43. The van der Waals surface area contributed by atoms with Crippen molar-refractivity contribution >= 4 is 29.3 Å². The molecule has 140 valence electrons. The van der Waals surface area contributed by atoms with E-state index in [0.29, 0.717) is 17.3 Å². The summed E-state index contributed by atoms with van der Waals surface area (Å²) in [6.07, 6.45) is 0.863. The van der Waals surface area contributed by atoms with Crippen molar-refractivity contribution in [1.29, 1.82) is 0 Å². The monoisotopic (exact) mass is 378 g/mol. The molecular weight excluding hydrogens is 364 g/mol. The summed E-state index contributed by atoms with van der Waals surface area (Å²) in [5.41, 5.74) is 0.465. The number of ether oxygens (including phenoxy) is 1. The van der Waals surface area contributed by atoms with Crippen LogP contribution in [0.25, 0.3) is 0 Å². The van der Waals surface area contributed by atoms with Crippen molar-refractivity contribution < 1.29 is 24.5 Å². The number of anilines is 1. The summed E-state index contributed by atoms with van der Waals surface area (Å²) in [6.45, 7) is 0. The van der Waals surface area contributed by atoms with E-state index in [-0.39, 0.29) is 17.0 Å². The minimum absolute atomic E-state index is 0.265. The second kappa shape index (κ2) is 8.41. The first kappa shape index (κ1) is 18.5. The highest BCUT2D eigenvalue weighted by Gasteiger charge is 2.10. The Morgan fingerprint density at radius 1 is 0.964 bits per heavy atom. The highest BCUT2D eigenvalue weighted by molar-refractivity contribution is 5.91. The minimum Gasteiger partial charge on any atom is -0.507 e. The number of rotatable bonds is 5. The lowest BCUT2D eigenvalue weighted by molar-refractivity contribution is 0.0693. The van der Waals surface area contributed by atoms with Gasteiger partial charge in [0.25, 0.3) is 0 Å². The highest BCUT2D eigenvalue weighted by Crippen LogP contribution is 2.26. The average molecular weight is 378 g/mol. The minimum atomic E-state index is -1.26. The van der Waals surface area contributed by atoms with Gasteiger partial charge in [-0.05, 0) is 54.6 Å². The number of carboxylic acids is 1. The number of hydrogen-bond donors (Lipinski definition) is 3. The van der Waals surface area contributed by atoms with Crippen molar-refractivity contribution in [2.45, 2.75) is 0 Å². The number of carbonyl (C=O) groups excluding carboxylic acids is 1. The van der Waals surface area contributed by atoms with Crippen LogP contribution in [0.2, 0.25) is 0 Å². The summed E-state index contributed by atoms with van der Waals surface area (Å²) < 4.78 is 5.14. The molecule has 3 rings (SSSR count). The Labute approximate surface area is 159 Å². The molecule has 0 aliphatic rings. The molecule has 0 radical (unpaired) electrons. The van der Waals surface area contributed by atoms with Crippen LogP contribution >= 0.6 is 0 Å². The number of benzene rings is 2. The number of aromatic carboxylic acids is 1. The molecule has 0 unspecified atom stereocenters. The molecule has 0 spiro atoms. The second-order valence-corrected chi connectivity index (χ2v) is 5.43. The number of carboxylic acid groups (broad SMARTS) is 1. The van der Waals surface area contributed by atoms with Crippen molar-refractivity contribution in [2.24, 2.45) is 10.2 Å². The number of pyridine rings is 1. The van der Waals surface area contributed by atoms with Gasteiger partial charge in [-0.2, -0.15) is 10.2 Å². The van der Waals surface area contributed by atoms with Crippen LogP contribution in [0.15, 0.2) is 77.1 Å². The Kier molecular flexibility index (Phi) is 5.56. The number of aromatic nitrogens is 1. The Morgan fingerprint density at radius 2 is 1.68 bits per heavy atom. The van der Waals surface area contributed by atoms with Gasteiger partial charge in [-0.15, -0.1) is 0 Å². The van der Waals surface area contributed by atoms with Crippen molar-refractivity contribution in [2.75, 3.05) is 5.32 Å². The molecule has 0 aliphatic carbocycles. The number of carbonyl (C=O) groups is 2. The third-order valence-corrected chi connectivity index (χ3v) is 3.43. The van der Waals surface area contributed by atoms with E-state index in [4.69, 9.17) is 9.84 Å². The van der Waals surface area contributed by atoms with E-state index in [9.17, 15) is 14.7 Å². The Morgan fingerprint density at radius 3 is 2.36 bits per heavy atom. The standard InChI is InChI=1S/C19H14N4O5/c24-16-9-6-13(11-15(16)18(25)26)23-22-12-4-7-14(8-5-12)28-19(27)21-17-3-1-2-10-20-17/h1-11,24H,(H,25,26)(H,20,21,27). The van der Waals surface area contributed by atoms with Gasteiger partial charge >= 0.3 is 12.1 Å². The van der Waals surface area contributed by atoms with Crippen LogP contribution in [-0.2, 0) is 0 Å². The first-order valence-corrected chi connectivity index (χ1v) is 7.99. The van der Waals surface area contributed by atoms with Gasteiger partial charge in [0.1, 0.15) is 22.9 Å². The van der Waals surface area contributed by atoms with E-state index in [1.54, 1.807) is 36.5 Å². The predicted molar refractivity (Wildman–Crippen MR) is 99.6 cm³/mol. The molecule has 9 heteroatoms. The maximum Gasteiger partial charge on any atom is 0.418 e. The average Bonchev–Trinajstić information content (AvgIpc) is 2.69. The van der Waals surface area contributed by atoms with Crippen molar-refractivity contribution in [3.05, 3.63) is 72.4 Å². The van der Waals surface area contributed by atoms with E-state index in [0.717, 1.165) is 0 Å². The molecular formula is C19H14N4O5. The Balaban J connectivity index is 1.63. The molecule has 0 saturated carbocycles. The summed E-state index contributed by atoms with van der Waals surface area (Å²) in [4.78, 5) is 26.8. The summed E-state index contributed by atoms with van der Waals surface area (Å²) in [7, 11) is 0. The van der Waals surface area contributed by atoms with Crippen molar-refractivity contribution in [3.8, 4) is 11.5 Å². The lowest BCUT2D eigenvalue weighted by Gasteiger charge is -2.05. The van der Waals surface area contributed by atoms with Gasteiger partial charge in [0.05, 0.1) is 11.4 Å². The van der Waals surface area contributed by atoms with Crippen LogP contribution in [-0.4, -0.2) is 27.3 Å². The van der Waals surface area contributed by atoms with Crippen LogP contribution in [0.1, 0.15) is 10.4 Å². The van der Waals surface area contributed by atoms with Gasteiger partial charge < -0.3 is 14.9 Å². The molecule has 3 N–H and O–H groups in total. The fraction of sp³-hybridized carbons (Fsp3) is 0. The molecule has 3 aromatic rings. The largest absolute Gasteiger partial charge is 0.507 e. The Bertz CT molecular complexity index is 1020. The van der Waals surface area contributed by atoms with Crippen molar-refractivity contribution in [3.63, 3.8) is 0 Å². The number of hydrogen-bond acceptors (Lipinski definition) is 7. The quantitative estimate of drug-likeness (QED) is 0.559. The molecule has 2 aromatic carbocycles. The molecule has 0 saturated heterocycles. The lowest BCUT2D eigenvalue weighted by atomic mass is 10.2. The van der Waals surface area contributed by atoms with Crippen molar-refractivity contribution in [1.82, 2.24) is 4.98 Å². The van der Waals surface area contributed by atoms with Gasteiger partial charge in [-0.1, -0.05) is 6.07 Å². The number of amides is 1. The molecule has 1 aromatic heterocycles. The SMILES string of the molecule is O=C(Nc1ccccn1)Oc1ccc(N=Nc2ccc(O)c(C(=O)O)c2)cc1. The predicted octanol–water partition coefficient (Wildman–Crippen LogP) is 4.51. The van der Waals surface area contributed by atoms with E-state index >= 15 is 0 Å². The van der Waals surface area contributed by atoms with Crippen LogP contribution in [0.3, 0.4) is 0 Å². The van der Waals surface area contributed by atoms with Gasteiger partial charge in [0, 0.05) is 6.20 Å². The summed E-state index contributed by atoms with van der Waals surface area (Å²) in [6, 6.07) is 15.2. The van der Waals surface area contributed by atoms with Gasteiger partial charge in [-0.25, -0.2) is 14.6 Å².